The summed E-state index contributed by atoms with van der Waals surface area (Å²) in [7, 11) is 0. The number of carbonyl (C=O) groups excluding carboxylic acids is 2. The summed E-state index contributed by atoms with van der Waals surface area (Å²) in [4.78, 5) is 23.1. The Morgan fingerprint density at radius 1 is 1.25 bits per heavy atom. The molecule has 4 N–H and O–H groups in total. The standard InChI is InChI=1S/C15H21N3O2/c16-12-4-1-3-11(9-12)10-15(20)17-8-2-5-14(19)18-13-6-7-13/h1,3-4,9,13H,2,5-8,10,16H2,(H,17,20)(H,18,19). The number of carbonyl (C=O) groups is 2. The summed E-state index contributed by atoms with van der Waals surface area (Å²) in [5, 5.41) is 5.74. The van der Waals surface area contributed by atoms with E-state index < -0.39 is 0 Å². The van der Waals surface area contributed by atoms with Crippen molar-refractivity contribution in [2.75, 3.05) is 12.3 Å². The number of amides is 2. The second-order valence-corrected chi connectivity index (χ2v) is 5.22. The molecule has 1 aliphatic rings. The van der Waals surface area contributed by atoms with Gasteiger partial charge in [0.05, 0.1) is 6.42 Å². The van der Waals surface area contributed by atoms with E-state index in [9.17, 15) is 9.59 Å². The summed E-state index contributed by atoms with van der Waals surface area (Å²) < 4.78 is 0. The quantitative estimate of drug-likeness (QED) is 0.512. The van der Waals surface area contributed by atoms with Crippen molar-refractivity contribution in [2.45, 2.75) is 38.1 Å². The molecule has 1 aliphatic carbocycles. The van der Waals surface area contributed by atoms with Crippen molar-refractivity contribution in [1.82, 2.24) is 10.6 Å². The monoisotopic (exact) mass is 275 g/mol. The SMILES string of the molecule is Nc1cccc(CC(=O)NCCCC(=O)NC2CC2)c1. The molecule has 1 saturated carbocycles. The Kier molecular flexibility index (Phi) is 4.98. The Hall–Kier alpha value is -2.04. The maximum atomic E-state index is 11.7. The van der Waals surface area contributed by atoms with Gasteiger partial charge in [-0.05, 0) is 37.0 Å². The van der Waals surface area contributed by atoms with Crippen molar-refractivity contribution in [2.24, 2.45) is 0 Å². The second-order valence-electron chi connectivity index (χ2n) is 5.22. The molecule has 0 aliphatic heterocycles. The lowest BCUT2D eigenvalue weighted by Gasteiger charge is -2.06. The van der Waals surface area contributed by atoms with Gasteiger partial charge in [-0.15, -0.1) is 0 Å². The molecular formula is C15H21N3O2. The summed E-state index contributed by atoms with van der Waals surface area (Å²) in [6.07, 6.45) is 3.65. The van der Waals surface area contributed by atoms with Gasteiger partial charge in [0.1, 0.15) is 0 Å². The van der Waals surface area contributed by atoms with Crippen molar-refractivity contribution in [3.63, 3.8) is 0 Å². The molecule has 0 bridgehead atoms. The zero-order valence-corrected chi connectivity index (χ0v) is 11.5. The van der Waals surface area contributed by atoms with Gasteiger partial charge in [0.15, 0.2) is 0 Å². The molecule has 5 heteroatoms. The largest absolute Gasteiger partial charge is 0.399 e. The summed E-state index contributed by atoms with van der Waals surface area (Å²) in [6, 6.07) is 7.70. The van der Waals surface area contributed by atoms with Gasteiger partial charge in [-0.3, -0.25) is 9.59 Å². The fourth-order valence-corrected chi connectivity index (χ4v) is 1.96. The topological polar surface area (TPSA) is 84.2 Å². The van der Waals surface area contributed by atoms with Crippen LogP contribution in [-0.2, 0) is 16.0 Å². The van der Waals surface area contributed by atoms with Gasteiger partial charge in [-0.25, -0.2) is 0 Å². The molecule has 0 atom stereocenters. The van der Waals surface area contributed by atoms with Crippen molar-refractivity contribution < 1.29 is 9.59 Å². The van der Waals surface area contributed by atoms with E-state index in [0.29, 0.717) is 37.5 Å². The zero-order valence-electron chi connectivity index (χ0n) is 11.5. The Labute approximate surface area is 118 Å². The number of rotatable bonds is 7. The molecule has 5 nitrogen and oxygen atoms in total. The first kappa shape index (κ1) is 14.4. The van der Waals surface area contributed by atoms with Gasteiger partial charge < -0.3 is 16.4 Å². The fourth-order valence-electron chi connectivity index (χ4n) is 1.96. The van der Waals surface area contributed by atoms with E-state index in [1.807, 2.05) is 12.1 Å². The van der Waals surface area contributed by atoms with E-state index in [1.165, 1.54) is 0 Å². The lowest BCUT2D eigenvalue weighted by Crippen LogP contribution is -2.29. The van der Waals surface area contributed by atoms with E-state index in [-0.39, 0.29) is 11.8 Å². The molecule has 108 valence electrons. The van der Waals surface area contributed by atoms with Gasteiger partial charge in [0, 0.05) is 24.7 Å². The lowest BCUT2D eigenvalue weighted by molar-refractivity contribution is -0.122. The van der Waals surface area contributed by atoms with Crippen LogP contribution < -0.4 is 16.4 Å². The third-order valence-corrected chi connectivity index (χ3v) is 3.16. The van der Waals surface area contributed by atoms with Crippen LogP contribution in [0.1, 0.15) is 31.2 Å². The first-order chi connectivity index (χ1) is 9.63. The molecule has 2 rings (SSSR count). The molecule has 0 saturated heterocycles. The third kappa shape index (κ3) is 5.30. The van der Waals surface area contributed by atoms with Crippen molar-refractivity contribution in [1.29, 1.82) is 0 Å². The number of hydrogen-bond donors (Lipinski definition) is 3. The molecule has 0 unspecified atom stereocenters. The molecule has 1 aromatic carbocycles. The van der Waals surface area contributed by atoms with Crippen LogP contribution >= 0.6 is 0 Å². The Balaban J connectivity index is 1.58. The molecule has 0 heterocycles. The number of nitrogens with two attached hydrogens (primary N) is 1. The minimum atomic E-state index is -0.0433. The first-order valence-corrected chi connectivity index (χ1v) is 7.04. The fraction of sp³-hybridized carbons (Fsp3) is 0.467. The molecule has 0 aromatic heterocycles. The number of nitrogen functional groups attached to an aromatic ring is 1. The maximum absolute atomic E-state index is 11.7. The van der Waals surface area contributed by atoms with Crippen molar-refractivity contribution >= 4 is 17.5 Å². The predicted molar refractivity (Wildman–Crippen MR) is 78.0 cm³/mol. The predicted octanol–water partition coefficient (Wildman–Crippen LogP) is 0.986. The number of nitrogens with one attached hydrogen (secondary N) is 2. The third-order valence-electron chi connectivity index (χ3n) is 3.16. The van der Waals surface area contributed by atoms with Gasteiger partial charge in [-0.1, -0.05) is 12.1 Å². The molecule has 1 fully saturated rings. The van der Waals surface area contributed by atoms with E-state index >= 15 is 0 Å². The summed E-state index contributed by atoms with van der Waals surface area (Å²) >= 11 is 0. The molecule has 0 spiro atoms. The highest BCUT2D eigenvalue weighted by atomic mass is 16.2. The Morgan fingerprint density at radius 3 is 2.75 bits per heavy atom. The minimum Gasteiger partial charge on any atom is -0.399 e. The van der Waals surface area contributed by atoms with E-state index in [0.717, 1.165) is 18.4 Å². The Bertz CT molecular complexity index is 484. The highest BCUT2D eigenvalue weighted by Crippen LogP contribution is 2.18. The van der Waals surface area contributed by atoms with Gasteiger partial charge in [0.2, 0.25) is 11.8 Å². The number of hydrogen-bond acceptors (Lipinski definition) is 3. The van der Waals surface area contributed by atoms with Gasteiger partial charge in [0.25, 0.3) is 0 Å². The normalized spacial score (nSPS) is 13.8. The molecule has 2 amide bonds. The smallest absolute Gasteiger partial charge is 0.224 e. The summed E-state index contributed by atoms with van der Waals surface area (Å²) in [6.45, 7) is 0.527. The molecule has 0 radical (unpaired) electrons. The highest BCUT2D eigenvalue weighted by Gasteiger charge is 2.22. The van der Waals surface area contributed by atoms with Crippen LogP contribution in [0.3, 0.4) is 0 Å². The van der Waals surface area contributed by atoms with Crippen LogP contribution in [0.2, 0.25) is 0 Å². The molecule has 1 aromatic rings. The van der Waals surface area contributed by atoms with Crippen molar-refractivity contribution in [3.05, 3.63) is 29.8 Å². The van der Waals surface area contributed by atoms with Crippen LogP contribution in [0.5, 0.6) is 0 Å². The van der Waals surface area contributed by atoms with Crippen LogP contribution in [0, 0.1) is 0 Å². The lowest BCUT2D eigenvalue weighted by atomic mass is 10.1. The number of anilines is 1. The minimum absolute atomic E-state index is 0.0433. The van der Waals surface area contributed by atoms with Crippen LogP contribution in [0.25, 0.3) is 0 Å². The summed E-state index contributed by atoms with van der Waals surface area (Å²) in [5.74, 6) is 0.0378. The average molecular weight is 275 g/mol. The summed E-state index contributed by atoms with van der Waals surface area (Å²) in [5.41, 5.74) is 7.21. The Morgan fingerprint density at radius 2 is 2.05 bits per heavy atom. The first-order valence-electron chi connectivity index (χ1n) is 7.04. The van der Waals surface area contributed by atoms with Crippen LogP contribution in [0.15, 0.2) is 24.3 Å². The van der Waals surface area contributed by atoms with Crippen LogP contribution in [0.4, 0.5) is 5.69 Å². The van der Waals surface area contributed by atoms with E-state index in [4.69, 9.17) is 5.73 Å². The average Bonchev–Trinajstić information content (AvgIpc) is 3.18. The highest BCUT2D eigenvalue weighted by molar-refractivity contribution is 5.79. The molecular weight excluding hydrogens is 254 g/mol. The number of benzene rings is 1. The second kappa shape index (κ2) is 6.93. The van der Waals surface area contributed by atoms with E-state index in [1.54, 1.807) is 12.1 Å². The maximum Gasteiger partial charge on any atom is 0.224 e. The van der Waals surface area contributed by atoms with Gasteiger partial charge >= 0.3 is 0 Å². The molecule has 20 heavy (non-hydrogen) atoms. The zero-order chi connectivity index (χ0) is 14.4. The van der Waals surface area contributed by atoms with E-state index in [2.05, 4.69) is 10.6 Å². The van der Waals surface area contributed by atoms with Crippen LogP contribution in [-0.4, -0.2) is 24.4 Å². The van der Waals surface area contributed by atoms with Gasteiger partial charge in [-0.2, -0.15) is 0 Å². The van der Waals surface area contributed by atoms with Crippen molar-refractivity contribution in [3.8, 4) is 0 Å².